The van der Waals surface area contributed by atoms with Crippen molar-refractivity contribution in [1.82, 2.24) is 0 Å². The van der Waals surface area contributed by atoms with E-state index < -0.39 is 0 Å². The SMILES string of the molecule is N=C(CC(=O)Nc1ccc(Cl)cc1)c1ccccc1. The predicted octanol–water partition coefficient (Wildman–Crippen LogP) is 3.74. The van der Waals surface area contributed by atoms with Gasteiger partial charge in [0, 0.05) is 16.4 Å². The number of anilines is 1. The molecule has 96 valence electrons. The molecule has 2 rings (SSSR count). The summed E-state index contributed by atoms with van der Waals surface area (Å²) in [6.45, 7) is 0. The van der Waals surface area contributed by atoms with Crippen LogP contribution in [0.3, 0.4) is 0 Å². The number of benzene rings is 2. The number of carbonyl (C=O) groups excluding carboxylic acids is 1. The summed E-state index contributed by atoms with van der Waals surface area (Å²) >= 11 is 5.77. The lowest BCUT2D eigenvalue weighted by atomic mass is 10.1. The van der Waals surface area contributed by atoms with Crippen LogP contribution in [0, 0.1) is 5.41 Å². The van der Waals surface area contributed by atoms with E-state index in [1.165, 1.54) is 0 Å². The van der Waals surface area contributed by atoms with Crippen molar-refractivity contribution in [2.75, 3.05) is 5.32 Å². The second-order valence-corrected chi connectivity index (χ2v) is 4.51. The highest BCUT2D eigenvalue weighted by molar-refractivity contribution is 6.30. The predicted molar refractivity (Wildman–Crippen MR) is 78.0 cm³/mol. The Bertz CT molecular complexity index is 579. The fraction of sp³-hybridized carbons (Fsp3) is 0.0667. The van der Waals surface area contributed by atoms with E-state index in [4.69, 9.17) is 17.0 Å². The van der Waals surface area contributed by atoms with E-state index in [1.807, 2.05) is 30.3 Å². The Kier molecular flexibility index (Phi) is 4.31. The first-order valence-electron chi connectivity index (χ1n) is 5.83. The number of halogens is 1. The minimum atomic E-state index is -0.212. The molecule has 2 N–H and O–H groups in total. The van der Waals surface area contributed by atoms with Crippen molar-refractivity contribution < 1.29 is 4.79 Å². The van der Waals surface area contributed by atoms with E-state index in [2.05, 4.69) is 5.32 Å². The molecule has 0 unspecified atom stereocenters. The topological polar surface area (TPSA) is 53.0 Å². The molecule has 0 saturated carbocycles. The van der Waals surface area contributed by atoms with Crippen LogP contribution in [0.2, 0.25) is 5.02 Å². The highest BCUT2D eigenvalue weighted by atomic mass is 35.5. The Morgan fingerprint density at radius 1 is 1.05 bits per heavy atom. The zero-order valence-electron chi connectivity index (χ0n) is 10.2. The van der Waals surface area contributed by atoms with Crippen molar-refractivity contribution in [1.29, 1.82) is 5.41 Å². The zero-order chi connectivity index (χ0) is 13.7. The Labute approximate surface area is 116 Å². The van der Waals surface area contributed by atoms with Crippen LogP contribution in [0.15, 0.2) is 54.6 Å². The van der Waals surface area contributed by atoms with E-state index >= 15 is 0 Å². The van der Waals surface area contributed by atoms with Crippen molar-refractivity contribution in [3.8, 4) is 0 Å². The van der Waals surface area contributed by atoms with Gasteiger partial charge in [-0.2, -0.15) is 0 Å². The molecule has 0 atom stereocenters. The van der Waals surface area contributed by atoms with Crippen LogP contribution >= 0.6 is 11.6 Å². The first-order chi connectivity index (χ1) is 9.15. The minimum absolute atomic E-state index is 0.0483. The third kappa shape index (κ3) is 3.93. The van der Waals surface area contributed by atoms with Crippen LogP contribution in [-0.4, -0.2) is 11.6 Å². The number of hydrogen-bond donors (Lipinski definition) is 2. The van der Waals surface area contributed by atoms with Gasteiger partial charge in [0.25, 0.3) is 0 Å². The van der Waals surface area contributed by atoms with Gasteiger partial charge in [0.05, 0.1) is 6.42 Å². The summed E-state index contributed by atoms with van der Waals surface area (Å²) in [7, 11) is 0. The van der Waals surface area contributed by atoms with Gasteiger partial charge >= 0.3 is 0 Å². The quantitative estimate of drug-likeness (QED) is 0.819. The lowest BCUT2D eigenvalue weighted by Crippen LogP contribution is -2.16. The smallest absolute Gasteiger partial charge is 0.230 e. The van der Waals surface area contributed by atoms with Gasteiger partial charge in [-0.15, -0.1) is 0 Å². The maximum absolute atomic E-state index is 11.8. The number of amides is 1. The Morgan fingerprint density at radius 3 is 2.32 bits per heavy atom. The zero-order valence-corrected chi connectivity index (χ0v) is 10.9. The highest BCUT2D eigenvalue weighted by Gasteiger charge is 2.08. The molecule has 0 aromatic heterocycles. The highest BCUT2D eigenvalue weighted by Crippen LogP contribution is 2.14. The summed E-state index contributed by atoms with van der Waals surface area (Å²) in [5.74, 6) is -0.212. The average molecular weight is 273 g/mol. The van der Waals surface area contributed by atoms with E-state index in [9.17, 15) is 4.79 Å². The van der Waals surface area contributed by atoms with E-state index in [1.54, 1.807) is 24.3 Å². The number of hydrogen-bond acceptors (Lipinski definition) is 2. The number of carbonyl (C=O) groups is 1. The standard InChI is InChI=1S/C15H13ClN2O/c16-12-6-8-13(9-7-12)18-15(19)10-14(17)11-4-2-1-3-5-11/h1-9,17H,10H2,(H,18,19). The fourth-order valence-corrected chi connectivity index (χ4v) is 1.77. The van der Waals surface area contributed by atoms with Gasteiger partial charge in [-0.3, -0.25) is 4.79 Å². The lowest BCUT2D eigenvalue weighted by molar-refractivity contribution is -0.115. The Morgan fingerprint density at radius 2 is 1.68 bits per heavy atom. The lowest BCUT2D eigenvalue weighted by Gasteiger charge is -2.06. The van der Waals surface area contributed by atoms with E-state index in [0.29, 0.717) is 16.4 Å². The maximum atomic E-state index is 11.8. The van der Waals surface area contributed by atoms with Crippen molar-refractivity contribution >= 4 is 28.9 Å². The molecule has 0 spiro atoms. The fourth-order valence-electron chi connectivity index (χ4n) is 1.64. The average Bonchev–Trinajstić information content (AvgIpc) is 2.42. The van der Waals surface area contributed by atoms with Crippen LogP contribution < -0.4 is 5.32 Å². The molecule has 0 radical (unpaired) electrons. The Hall–Kier alpha value is -2.13. The van der Waals surface area contributed by atoms with Gasteiger partial charge in [0.15, 0.2) is 0 Å². The molecule has 3 nitrogen and oxygen atoms in total. The second-order valence-electron chi connectivity index (χ2n) is 4.08. The second kappa shape index (κ2) is 6.16. The van der Waals surface area contributed by atoms with Crippen LogP contribution in [0.25, 0.3) is 0 Å². The van der Waals surface area contributed by atoms with Crippen molar-refractivity contribution in [2.45, 2.75) is 6.42 Å². The third-order valence-corrected chi connectivity index (χ3v) is 2.84. The molecule has 0 saturated heterocycles. The third-order valence-electron chi connectivity index (χ3n) is 2.59. The molecule has 0 bridgehead atoms. The molecule has 0 aliphatic carbocycles. The van der Waals surface area contributed by atoms with Crippen molar-refractivity contribution in [3.63, 3.8) is 0 Å². The van der Waals surface area contributed by atoms with E-state index in [0.717, 1.165) is 5.56 Å². The molecular weight excluding hydrogens is 260 g/mol. The Balaban J connectivity index is 1.95. The number of nitrogens with one attached hydrogen (secondary N) is 2. The molecule has 2 aromatic carbocycles. The maximum Gasteiger partial charge on any atom is 0.230 e. The van der Waals surface area contributed by atoms with Gasteiger partial charge in [-0.1, -0.05) is 41.9 Å². The molecule has 0 heterocycles. The molecule has 0 aliphatic heterocycles. The van der Waals surface area contributed by atoms with Crippen LogP contribution in [0.5, 0.6) is 0 Å². The van der Waals surface area contributed by atoms with Crippen LogP contribution in [0.4, 0.5) is 5.69 Å². The molecule has 0 aliphatic rings. The largest absolute Gasteiger partial charge is 0.326 e. The van der Waals surface area contributed by atoms with Gasteiger partial charge in [0.1, 0.15) is 0 Å². The van der Waals surface area contributed by atoms with Crippen LogP contribution in [0.1, 0.15) is 12.0 Å². The summed E-state index contributed by atoms with van der Waals surface area (Å²) in [5.41, 5.74) is 1.73. The van der Waals surface area contributed by atoms with Crippen molar-refractivity contribution in [2.24, 2.45) is 0 Å². The van der Waals surface area contributed by atoms with Gasteiger partial charge in [-0.05, 0) is 29.8 Å². The molecule has 4 heteroatoms. The normalized spacial score (nSPS) is 9.95. The van der Waals surface area contributed by atoms with E-state index in [-0.39, 0.29) is 12.3 Å². The van der Waals surface area contributed by atoms with Crippen LogP contribution in [-0.2, 0) is 4.79 Å². The molecule has 2 aromatic rings. The summed E-state index contributed by atoms with van der Waals surface area (Å²) in [6, 6.07) is 16.1. The summed E-state index contributed by atoms with van der Waals surface area (Å²) in [4.78, 5) is 11.8. The number of rotatable bonds is 4. The summed E-state index contributed by atoms with van der Waals surface area (Å²) in [6.07, 6.45) is 0.0483. The van der Waals surface area contributed by atoms with Gasteiger partial charge in [0.2, 0.25) is 5.91 Å². The molecule has 0 fully saturated rings. The minimum Gasteiger partial charge on any atom is -0.326 e. The molecular formula is C15H13ClN2O. The summed E-state index contributed by atoms with van der Waals surface area (Å²) in [5, 5.41) is 11.2. The summed E-state index contributed by atoms with van der Waals surface area (Å²) < 4.78 is 0. The molecule has 1 amide bonds. The van der Waals surface area contributed by atoms with Gasteiger partial charge < -0.3 is 10.7 Å². The van der Waals surface area contributed by atoms with Crippen molar-refractivity contribution in [3.05, 3.63) is 65.2 Å². The first-order valence-corrected chi connectivity index (χ1v) is 6.21. The van der Waals surface area contributed by atoms with Gasteiger partial charge in [-0.25, -0.2) is 0 Å². The monoisotopic (exact) mass is 272 g/mol. The first kappa shape index (κ1) is 13.3. The molecule has 19 heavy (non-hydrogen) atoms.